The SMILES string of the molecule is CC1(C)[C@H]2CC[C@]1(C)C(=NOC(=O)c1cccc([N+](=O)[O-])c1)C2. The summed E-state index contributed by atoms with van der Waals surface area (Å²) < 4.78 is 0. The summed E-state index contributed by atoms with van der Waals surface area (Å²) in [6.07, 6.45) is 3.09. The largest absolute Gasteiger partial charge is 0.365 e. The van der Waals surface area contributed by atoms with Gasteiger partial charge in [0, 0.05) is 17.5 Å². The van der Waals surface area contributed by atoms with E-state index in [-0.39, 0.29) is 22.1 Å². The highest BCUT2D eigenvalue weighted by molar-refractivity contribution is 5.95. The third kappa shape index (κ3) is 2.33. The van der Waals surface area contributed by atoms with Gasteiger partial charge in [-0.05, 0) is 36.7 Å². The van der Waals surface area contributed by atoms with E-state index in [0.29, 0.717) is 5.92 Å². The molecule has 23 heavy (non-hydrogen) atoms. The van der Waals surface area contributed by atoms with Crippen molar-refractivity contribution in [2.24, 2.45) is 21.9 Å². The van der Waals surface area contributed by atoms with Crippen molar-refractivity contribution >= 4 is 17.4 Å². The van der Waals surface area contributed by atoms with E-state index in [1.807, 2.05) is 0 Å². The fraction of sp³-hybridized carbons (Fsp3) is 0.529. The van der Waals surface area contributed by atoms with Crippen molar-refractivity contribution < 1.29 is 14.6 Å². The van der Waals surface area contributed by atoms with Crippen molar-refractivity contribution in [3.8, 4) is 0 Å². The normalized spacial score (nSPS) is 29.7. The van der Waals surface area contributed by atoms with Gasteiger partial charge >= 0.3 is 5.97 Å². The number of carbonyl (C=O) groups excluding carboxylic acids is 1. The molecule has 2 bridgehead atoms. The van der Waals surface area contributed by atoms with Crippen LogP contribution in [0, 0.1) is 26.9 Å². The van der Waals surface area contributed by atoms with Gasteiger partial charge in [-0.25, -0.2) is 4.79 Å². The molecule has 0 spiro atoms. The van der Waals surface area contributed by atoms with E-state index in [2.05, 4.69) is 25.9 Å². The summed E-state index contributed by atoms with van der Waals surface area (Å²) in [5, 5.41) is 14.9. The molecule has 0 amide bonds. The van der Waals surface area contributed by atoms with Gasteiger partial charge in [0.1, 0.15) is 0 Å². The number of carbonyl (C=O) groups is 1. The summed E-state index contributed by atoms with van der Waals surface area (Å²) in [6.45, 7) is 6.67. The van der Waals surface area contributed by atoms with E-state index in [4.69, 9.17) is 4.84 Å². The number of non-ortho nitro benzene ring substituents is 1. The molecule has 0 aromatic heterocycles. The first-order chi connectivity index (χ1) is 10.8. The van der Waals surface area contributed by atoms with Gasteiger partial charge in [0.2, 0.25) is 0 Å². The lowest BCUT2D eigenvalue weighted by Crippen LogP contribution is -2.32. The van der Waals surface area contributed by atoms with Gasteiger partial charge < -0.3 is 4.84 Å². The Labute approximate surface area is 134 Å². The van der Waals surface area contributed by atoms with Gasteiger partial charge in [0.25, 0.3) is 5.69 Å². The molecule has 2 aliphatic carbocycles. The molecule has 2 aliphatic rings. The molecular weight excluding hydrogens is 296 g/mol. The first kappa shape index (κ1) is 15.6. The average molecular weight is 316 g/mol. The van der Waals surface area contributed by atoms with Crippen LogP contribution in [-0.4, -0.2) is 16.6 Å². The number of hydrogen-bond donors (Lipinski definition) is 0. The summed E-state index contributed by atoms with van der Waals surface area (Å²) in [5.74, 6) is -0.0897. The van der Waals surface area contributed by atoms with E-state index in [1.165, 1.54) is 30.7 Å². The highest BCUT2D eigenvalue weighted by Gasteiger charge is 2.60. The number of nitro benzene ring substituents is 1. The van der Waals surface area contributed by atoms with Crippen molar-refractivity contribution in [1.29, 1.82) is 0 Å². The summed E-state index contributed by atoms with van der Waals surface area (Å²) in [7, 11) is 0. The van der Waals surface area contributed by atoms with Gasteiger partial charge in [-0.3, -0.25) is 10.1 Å². The minimum Gasteiger partial charge on any atom is -0.313 e. The molecule has 0 heterocycles. The van der Waals surface area contributed by atoms with Crippen LogP contribution in [0.1, 0.15) is 50.4 Å². The number of nitro groups is 1. The Morgan fingerprint density at radius 1 is 1.39 bits per heavy atom. The third-order valence-electron chi connectivity index (χ3n) is 6.04. The Bertz CT molecular complexity index is 710. The van der Waals surface area contributed by atoms with Gasteiger partial charge in [0.15, 0.2) is 0 Å². The van der Waals surface area contributed by atoms with Gasteiger partial charge in [-0.1, -0.05) is 32.0 Å². The maximum atomic E-state index is 12.1. The Hall–Kier alpha value is -2.24. The predicted molar refractivity (Wildman–Crippen MR) is 85.2 cm³/mol. The zero-order valence-corrected chi connectivity index (χ0v) is 13.5. The van der Waals surface area contributed by atoms with E-state index in [9.17, 15) is 14.9 Å². The Morgan fingerprint density at radius 2 is 2.13 bits per heavy atom. The molecular formula is C17H20N2O4. The van der Waals surface area contributed by atoms with Gasteiger partial charge in [-0.15, -0.1) is 0 Å². The predicted octanol–water partition coefficient (Wildman–Crippen LogP) is 3.95. The van der Waals surface area contributed by atoms with Crippen LogP contribution >= 0.6 is 0 Å². The second-order valence-electron chi connectivity index (χ2n) is 7.22. The second kappa shape index (κ2) is 5.15. The van der Waals surface area contributed by atoms with Crippen molar-refractivity contribution in [1.82, 2.24) is 0 Å². The number of rotatable bonds is 3. The van der Waals surface area contributed by atoms with Crippen LogP contribution in [0.15, 0.2) is 29.4 Å². The molecule has 0 unspecified atom stereocenters. The molecule has 3 rings (SSSR count). The quantitative estimate of drug-likeness (QED) is 0.480. The molecule has 2 saturated carbocycles. The van der Waals surface area contributed by atoms with Crippen molar-refractivity contribution in [2.75, 3.05) is 0 Å². The lowest BCUT2D eigenvalue weighted by Gasteiger charge is -2.34. The number of benzene rings is 1. The molecule has 2 fully saturated rings. The maximum Gasteiger partial charge on any atom is 0.365 e. The number of fused-ring (bicyclic) bond motifs is 2. The van der Waals surface area contributed by atoms with Gasteiger partial charge in [0.05, 0.1) is 16.2 Å². The molecule has 1 aromatic rings. The molecule has 2 atom stereocenters. The average Bonchev–Trinajstić information content (AvgIpc) is 2.85. The molecule has 1 aromatic carbocycles. The lowest BCUT2D eigenvalue weighted by molar-refractivity contribution is -0.384. The van der Waals surface area contributed by atoms with E-state index >= 15 is 0 Å². The molecule has 6 heteroatoms. The van der Waals surface area contributed by atoms with E-state index < -0.39 is 10.9 Å². The smallest absolute Gasteiger partial charge is 0.313 e. The van der Waals surface area contributed by atoms with E-state index in [0.717, 1.165) is 18.6 Å². The second-order valence-corrected chi connectivity index (χ2v) is 7.22. The highest BCUT2D eigenvalue weighted by Crippen LogP contribution is 2.63. The Morgan fingerprint density at radius 3 is 2.70 bits per heavy atom. The highest BCUT2D eigenvalue weighted by atomic mass is 16.7. The van der Waals surface area contributed by atoms with Crippen molar-refractivity contribution in [3.05, 3.63) is 39.9 Å². The molecule has 0 N–H and O–H groups in total. The molecule has 122 valence electrons. The Balaban J connectivity index is 1.78. The number of nitrogens with zero attached hydrogens (tertiary/aromatic N) is 2. The molecule has 6 nitrogen and oxygen atoms in total. The summed E-state index contributed by atoms with van der Waals surface area (Å²) >= 11 is 0. The number of hydrogen-bond acceptors (Lipinski definition) is 5. The maximum absolute atomic E-state index is 12.1. The zero-order chi connectivity index (χ0) is 16.8. The van der Waals surface area contributed by atoms with Crippen molar-refractivity contribution in [2.45, 2.75) is 40.0 Å². The van der Waals surface area contributed by atoms with Gasteiger partial charge in [-0.2, -0.15) is 0 Å². The van der Waals surface area contributed by atoms with Crippen LogP contribution in [0.2, 0.25) is 0 Å². The van der Waals surface area contributed by atoms with Crippen LogP contribution in [0.4, 0.5) is 5.69 Å². The summed E-state index contributed by atoms with van der Waals surface area (Å²) in [4.78, 5) is 27.4. The van der Waals surface area contributed by atoms with Crippen LogP contribution in [-0.2, 0) is 4.84 Å². The van der Waals surface area contributed by atoms with Crippen molar-refractivity contribution in [3.63, 3.8) is 0 Å². The molecule has 0 radical (unpaired) electrons. The topological polar surface area (TPSA) is 81.8 Å². The monoisotopic (exact) mass is 316 g/mol. The Kier molecular flexibility index (Phi) is 3.50. The first-order valence-electron chi connectivity index (χ1n) is 7.79. The summed E-state index contributed by atoms with van der Waals surface area (Å²) in [5.41, 5.74) is 1.04. The fourth-order valence-corrected chi connectivity index (χ4v) is 3.96. The lowest BCUT2D eigenvalue weighted by atomic mass is 9.70. The molecule has 0 aliphatic heterocycles. The minimum absolute atomic E-state index is 0.0410. The standard InChI is InChI=1S/C17H20N2O4/c1-16(2)12-7-8-17(16,3)14(10-12)18-23-15(20)11-5-4-6-13(9-11)19(21)22/h4-6,9,12H,7-8,10H2,1-3H3/t12-,17+/m0/s1. The number of oxime groups is 1. The van der Waals surface area contributed by atoms with E-state index in [1.54, 1.807) is 0 Å². The van der Waals surface area contributed by atoms with Crippen LogP contribution in [0.5, 0.6) is 0 Å². The first-order valence-corrected chi connectivity index (χ1v) is 7.79. The minimum atomic E-state index is -0.662. The summed E-state index contributed by atoms with van der Waals surface area (Å²) in [6, 6.07) is 5.49. The van der Waals surface area contributed by atoms with Crippen LogP contribution < -0.4 is 0 Å². The van der Waals surface area contributed by atoms with Crippen LogP contribution in [0.3, 0.4) is 0 Å². The third-order valence-corrected chi connectivity index (χ3v) is 6.04. The molecule has 0 saturated heterocycles. The fourth-order valence-electron chi connectivity index (χ4n) is 3.96. The van der Waals surface area contributed by atoms with Crippen LogP contribution in [0.25, 0.3) is 0 Å². The zero-order valence-electron chi connectivity index (χ0n) is 13.5.